The summed E-state index contributed by atoms with van der Waals surface area (Å²) < 4.78 is 4.75. The monoisotopic (exact) mass is 252 g/mol. The third kappa shape index (κ3) is 2.45. The summed E-state index contributed by atoms with van der Waals surface area (Å²) in [6.07, 6.45) is 1.48. The van der Waals surface area contributed by atoms with Gasteiger partial charge in [0.2, 0.25) is 0 Å². The molecule has 0 saturated heterocycles. The predicted molar refractivity (Wildman–Crippen MR) is 70.5 cm³/mol. The van der Waals surface area contributed by atoms with Crippen LogP contribution in [-0.4, -0.2) is 18.1 Å². The summed E-state index contributed by atoms with van der Waals surface area (Å²) in [5.41, 5.74) is 3.01. The van der Waals surface area contributed by atoms with Gasteiger partial charge < -0.3 is 4.74 Å². The van der Waals surface area contributed by atoms with Crippen molar-refractivity contribution in [3.8, 4) is 17.2 Å². The lowest BCUT2D eigenvalue weighted by Crippen LogP contribution is -2.05. The number of esters is 1. The van der Waals surface area contributed by atoms with Gasteiger partial charge in [-0.1, -0.05) is 18.2 Å². The normalized spacial score (nSPS) is 9.74. The lowest BCUT2D eigenvalue weighted by molar-refractivity contribution is 0.0601. The molecule has 1 aromatic carbocycles. The Morgan fingerprint density at radius 3 is 2.74 bits per heavy atom. The number of nitrogens with zero attached hydrogens (tertiary/aromatic N) is 2. The molecule has 0 unspecified atom stereocenters. The van der Waals surface area contributed by atoms with Crippen LogP contribution in [0.15, 0.2) is 36.5 Å². The van der Waals surface area contributed by atoms with E-state index >= 15 is 0 Å². The Balaban J connectivity index is 2.71. The molecular formula is C15H12N2O2. The van der Waals surface area contributed by atoms with Gasteiger partial charge in [0, 0.05) is 23.0 Å². The number of benzene rings is 1. The van der Waals surface area contributed by atoms with Crippen molar-refractivity contribution in [2.24, 2.45) is 0 Å². The molecule has 1 heterocycles. The van der Waals surface area contributed by atoms with E-state index in [2.05, 4.69) is 11.1 Å². The molecule has 0 amide bonds. The summed E-state index contributed by atoms with van der Waals surface area (Å²) in [6, 6.07) is 11.0. The first-order valence-electron chi connectivity index (χ1n) is 5.72. The van der Waals surface area contributed by atoms with Crippen molar-refractivity contribution >= 4 is 5.97 Å². The topological polar surface area (TPSA) is 63.0 Å². The highest BCUT2D eigenvalue weighted by atomic mass is 16.5. The summed E-state index contributed by atoms with van der Waals surface area (Å²) in [7, 11) is 1.32. The predicted octanol–water partition coefficient (Wildman–Crippen LogP) is 2.72. The molecule has 0 aliphatic carbocycles. The average Bonchev–Trinajstić information content (AvgIpc) is 2.46. The molecule has 0 aliphatic heterocycles. The fourth-order valence-electron chi connectivity index (χ4n) is 1.87. The van der Waals surface area contributed by atoms with Crippen LogP contribution >= 0.6 is 0 Å². The van der Waals surface area contributed by atoms with E-state index in [1.54, 1.807) is 24.3 Å². The number of ether oxygens (including phenoxy) is 1. The highest BCUT2D eigenvalue weighted by molar-refractivity contribution is 5.97. The number of hydrogen-bond donors (Lipinski definition) is 0. The minimum absolute atomic E-state index is 0.357. The maximum absolute atomic E-state index is 11.8. The molecule has 4 nitrogen and oxygen atoms in total. The lowest BCUT2D eigenvalue weighted by atomic mass is 9.96. The van der Waals surface area contributed by atoms with E-state index in [0.29, 0.717) is 22.3 Å². The quantitative estimate of drug-likeness (QED) is 0.771. The summed E-state index contributed by atoms with van der Waals surface area (Å²) >= 11 is 0. The van der Waals surface area contributed by atoms with Crippen molar-refractivity contribution in [2.75, 3.05) is 7.11 Å². The van der Waals surface area contributed by atoms with Crippen LogP contribution in [0.3, 0.4) is 0 Å². The maximum atomic E-state index is 11.8. The van der Waals surface area contributed by atoms with E-state index in [0.717, 1.165) is 5.69 Å². The Morgan fingerprint density at radius 1 is 1.32 bits per heavy atom. The first-order valence-corrected chi connectivity index (χ1v) is 5.72. The second-order valence-electron chi connectivity index (χ2n) is 4.02. The molecule has 0 radical (unpaired) electrons. The van der Waals surface area contributed by atoms with Crippen LogP contribution in [0.25, 0.3) is 11.1 Å². The van der Waals surface area contributed by atoms with Gasteiger partial charge >= 0.3 is 5.97 Å². The molecule has 19 heavy (non-hydrogen) atoms. The van der Waals surface area contributed by atoms with Gasteiger partial charge in [0.15, 0.2) is 0 Å². The number of aromatic nitrogens is 1. The zero-order valence-corrected chi connectivity index (χ0v) is 10.7. The number of nitriles is 1. The van der Waals surface area contributed by atoms with Gasteiger partial charge in [0.1, 0.15) is 0 Å². The Hall–Kier alpha value is -2.67. The van der Waals surface area contributed by atoms with Crippen molar-refractivity contribution in [1.29, 1.82) is 5.26 Å². The van der Waals surface area contributed by atoms with E-state index in [-0.39, 0.29) is 0 Å². The first kappa shape index (κ1) is 12.8. The van der Waals surface area contributed by atoms with Gasteiger partial charge in [0.25, 0.3) is 0 Å². The van der Waals surface area contributed by atoms with Crippen LogP contribution in [0.1, 0.15) is 21.6 Å². The molecule has 0 aliphatic rings. The Morgan fingerprint density at radius 2 is 2.05 bits per heavy atom. The molecule has 0 N–H and O–H groups in total. The average molecular weight is 252 g/mol. The van der Waals surface area contributed by atoms with Crippen LogP contribution < -0.4 is 0 Å². The lowest BCUT2D eigenvalue weighted by Gasteiger charge is -2.10. The molecule has 0 spiro atoms. The van der Waals surface area contributed by atoms with Crippen molar-refractivity contribution < 1.29 is 9.53 Å². The van der Waals surface area contributed by atoms with Gasteiger partial charge in [0.05, 0.1) is 24.3 Å². The fraction of sp³-hybridized carbons (Fsp3) is 0.133. The number of methoxy groups -OCH3 is 1. The van der Waals surface area contributed by atoms with Crippen LogP contribution in [0.5, 0.6) is 0 Å². The van der Waals surface area contributed by atoms with Crippen molar-refractivity contribution in [3.05, 3.63) is 53.3 Å². The Kier molecular flexibility index (Phi) is 3.58. The van der Waals surface area contributed by atoms with Gasteiger partial charge in [-0.25, -0.2) is 4.79 Å². The number of pyridine rings is 1. The van der Waals surface area contributed by atoms with Crippen molar-refractivity contribution in [2.45, 2.75) is 6.92 Å². The first-order chi connectivity index (χ1) is 9.17. The zero-order valence-electron chi connectivity index (χ0n) is 10.7. The second-order valence-corrected chi connectivity index (χ2v) is 4.02. The SMILES string of the molecule is COC(=O)c1cnc(C)cc1-c1ccccc1C#N. The molecular weight excluding hydrogens is 240 g/mol. The van der Waals surface area contributed by atoms with Crippen LogP contribution in [0.4, 0.5) is 0 Å². The molecule has 2 aromatic rings. The van der Waals surface area contributed by atoms with Crippen LogP contribution in [0, 0.1) is 18.3 Å². The third-order valence-electron chi connectivity index (χ3n) is 2.78. The molecule has 0 saturated carbocycles. The van der Waals surface area contributed by atoms with Crippen molar-refractivity contribution in [1.82, 2.24) is 4.98 Å². The standard InChI is InChI=1S/C15H12N2O2/c1-10-7-13(14(9-17-10)15(18)19-2)12-6-4-3-5-11(12)8-16/h3-7,9H,1-2H3. The van der Waals surface area contributed by atoms with Crippen molar-refractivity contribution in [3.63, 3.8) is 0 Å². The van der Waals surface area contributed by atoms with Gasteiger partial charge in [-0.05, 0) is 19.1 Å². The minimum Gasteiger partial charge on any atom is -0.465 e. The van der Waals surface area contributed by atoms with Crippen LogP contribution in [-0.2, 0) is 4.74 Å². The number of carbonyl (C=O) groups is 1. The molecule has 0 fully saturated rings. The summed E-state index contributed by atoms with van der Waals surface area (Å²) in [6.45, 7) is 1.83. The largest absolute Gasteiger partial charge is 0.465 e. The molecule has 2 rings (SSSR count). The van der Waals surface area contributed by atoms with Crippen LogP contribution in [0.2, 0.25) is 0 Å². The number of aryl methyl sites for hydroxylation is 1. The molecule has 0 bridgehead atoms. The van der Waals surface area contributed by atoms with E-state index in [1.165, 1.54) is 13.3 Å². The molecule has 1 aromatic heterocycles. The summed E-state index contributed by atoms with van der Waals surface area (Å²) in [5, 5.41) is 9.15. The smallest absolute Gasteiger partial charge is 0.340 e. The number of hydrogen-bond acceptors (Lipinski definition) is 4. The van der Waals surface area contributed by atoms with E-state index < -0.39 is 5.97 Å². The summed E-state index contributed by atoms with van der Waals surface area (Å²) in [5.74, 6) is -0.463. The third-order valence-corrected chi connectivity index (χ3v) is 2.78. The molecule has 4 heteroatoms. The van der Waals surface area contributed by atoms with E-state index in [4.69, 9.17) is 10.00 Å². The van der Waals surface area contributed by atoms with Gasteiger partial charge in [-0.3, -0.25) is 4.98 Å². The zero-order chi connectivity index (χ0) is 13.8. The Labute approximate surface area is 111 Å². The Bertz CT molecular complexity index is 672. The highest BCUT2D eigenvalue weighted by Crippen LogP contribution is 2.27. The summed E-state index contributed by atoms with van der Waals surface area (Å²) in [4.78, 5) is 15.9. The van der Waals surface area contributed by atoms with Gasteiger partial charge in [-0.2, -0.15) is 5.26 Å². The maximum Gasteiger partial charge on any atom is 0.340 e. The molecule has 0 atom stereocenters. The number of carbonyl (C=O) groups excluding carboxylic acids is 1. The fourth-order valence-corrected chi connectivity index (χ4v) is 1.87. The number of rotatable bonds is 2. The minimum atomic E-state index is -0.463. The van der Waals surface area contributed by atoms with E-state index in [9.17, 15) is 4.79 Å². The second kappa shape index (κ2) is 5.32. The van der Waals surface area contributed by atoms with E-state index in [1.807, 2.05) is 13.0 Å². The molecule has 94 valence electrons. The highest BCUT2D eigenvalue weighted by Gasteiger charge is 2.16. The van der Waals surface area contributed by atoms with Gasteiger partial charge in [-0.15, -0.1) is 0 Å².